The molecule has 2 atom stereocenters. The third-order valence-corrected chi connectivity index (χ3v) is 8.08. The van der Waals surface area contributed by atoms with E-state index in [0.29, 0.717) is 26.0 Å². The molecule has 1 unspecified atom stereocenters. The summed E-state index contributed by atoms with van der Waals surface area (Å²) in [5.41, 5.74) is 0. The van der Waals surface area contributed by atoms with Crippen molar-refractivity contribution in [2.75, 3.05) is 19.7 Å². The lowest BCUT2D eigenvalue weighted by atomic mass is 10.1. The smallest absolute Gasteiger partial charge is 0.259 e. The van der Waals surface area contributed by atoms with Gasteiger partial charge in [0.05, 0.1) is 25.2 Å². The maximum Gasteiger partial charge on any atom is 0.259 e. The molecule has 0 aromatic rings. The second-order valence-electron chi connectivity index (χ2n) is 9.48. The minimum Gasteiger partial charge on any atom is -0.340 e. The van der Waals surface area contributed by atoms with Gasteiger partial charge in [-0.1, -0.05) is 58.3 Å². The number of nitriles is 1. The maximum absolute atomic E-state index is 12.6. The Hall–Kier alpha value is -0.730. The van der Waals surface area contributed by atoms with E-state index in [9.17, 15) is 4.79 Å². The fraction of sp³-hybridized carbons (Fsp3) is 0.920. The molecule has 1 fully saturated rings. The van der Waals surface area contributed by atoms with E-state index in [-0.39, 0.29) is 24.1 Å². The van der Waals surface area contributed by atoms with Crippen LogP contribution >= 0.6 is 8.53 Å². The van der Waals surface area contributed by atoms with Gasteiger partial charge in [-0.15, -0.1) is 0 Å². The van der Waals surface area contributed by atoms with E-state index in [1.54, 1.807) is 0 Å². The molecule has 1 aliphatic rings. The number of rotatable bonds is 18. The molecule has 0 saturated carbocycles. The van der Waals surface area contributed by atoms with Crippen LogP contribution in [0.1, 0.15) is 112 Å². The van der Waals surface area contributed by atoms with E-state index in [1.165, 1.54) is 44.9 Å². The van der Waals surface area contributed by atoms with Crippen LogP contribution in [0.3, 0.4) is 0 Å². The van der Waals surface area contributed by atoms with Crippen LogP contribution in [-0.4, -0.2) is 53.4 Å². The lowest BCUT2D eigenvalue weighted by Crippen LogP contribution is -2.35. The molecule has 32 heavy (non-hydrogen) atoms. The molecule has 1 aliphatic heterocycles. The number of unbranched alkanes of at least 4 members (excludes halogenated alkanes) is 8. The first kappa shape index (κ1) is 29.3. The summed E-state index contributed by atoms with van der Waals surface area (Å²) in [6.07, 6.45) is 13.3. The molecular formula is C25H48N3O3P. The van der Waals surface area contributed by atoms with Crippen LogP contribution in [0.2, 0.25) is 0 Å². The van der Waals surface area contributed by atoms with Crippen LogP contribution in [0.15, 0.2) is 0 Å². The molecule has 0 bridgehead atoms. The number of carbonyl (C=O) groups excluding carboxylic acids is 1. The van der Waals surface area contributed by atoms with Gasteiger partial charge in [0.1, 0.15) is 0 Å². The van der Waals surface area contributed by atoms with Crippen LogP contribution in [0.4, 0.5) is 0 Å². The monoisotopic (exact) mass is 469 g/mol. The van der Waals surface area contributed by atoms with Gasteiger partial charge in [-0.05, 0) is 40.5 Å². The maximum atomic E-state index is 12.6. The van der Waals surface area contributed by atoms with Gasteiger partial charge >= 0.3 is 0 Å². The summed E-state index contributed by atoms with van der Waals surface area (Å²) in [7, 11) is -1.24. The second-order valence-corrected chi connectivity index (χ2v) is 10.9. The zero-order valence-corrected chi connectivity index (χ0v) is 22.2. The average Bonchev–Trinajstić information content (AvgIpc) is 3.20. The first-order chi connectivity index (χ1) is 15.4. The summed E-state index contributed by atoms with van der Waals surface area (Å²) in [6, 6.07) is 2.71. The Balaban J connectivity index is 2.36. The molecule has 1 amide bonds. The van der Waals surface area contributed by atoms with Crippen molar-refractivity contribution in [1.29, 1.82) is 5.26 Å². The molecule has 0 radical (unpaired) electrons. The van der Waals surface area contributed by atoms with Crippen molar-refractivity contribution in [2.24, 2.45) is 0 Å². The molecule has 186 valence electrons. The number of likely N-dealkylation sites (tertiary alicyclic amines) is 1. The van der Waals surface area contributed by atoms with Gasteiger partial charge in [0.25, 0.3) is 8.53 Å². The Kier molecular flexibility index (Phi) is 16.2. The highest BCUT2D eigenvalue weighted by molar-refractivity contribution is 7.44. The quantitative estimate of drug-likeness (QED) is 0.163. The molecule has 1 saturated heterocycles. The molecule has 7 heteroatoms. The van der Waals surface area contributed by atoms with Crippen molar-refractivity contribution in [3.8, 4) is 6.07 Å². The normalized spacial score (nSPS) is 17.5. The molecule has 0 N–H and O–H groups in total. The zero-order chi connectivity index (χ0) is 23.8. The molecule has 0 aliphatic carbocycles. The SMILES string of the molecule is CCCCCCCCCCCC(=O)N1CC[C@H](OP(OCCC#N)N(C(C)C)C(C)C)C1. The van der Waals surface area contributed by atoms with E-state index in [1.807, 2.05) is 4.90 Å². The Morgan fingerprint density at radius 2 is 1.66 bits per heavy atom. The van der Waals surface area contributed by atoms with Crippen molar-refractivity contribution in [3.05, 3.63) is 0 Å². The van der Waals surface area contributed by atoms with Gasteiger partial charge in [-0.2, -0.15) is 5.26 Å². The van der Waals surface area contributed by atoms with Crippen LogP contribution in [-0.2, 0) is 13.8 Å². The van der Waals surface area contributed by atoms with Crippen molar-refractivity contribution >= 4 is 14.4 Å². The van der Waals surface area contributed by atoms with Crippen LogP contribution in [0, 0.1) is 11.3 Å². The average molecular weight is 470 g/mol. The second kappa shape index (κ2) is 17.7. The predicted molar refractivity (Wildman–Crippen MR) is 133 cm³/mol. The van der Waals surface area contributed by atoms with Gasteiger partial charge in [-0.3, -0.25) is 4.79 Å². The Labute approximate surface area is 199 Å². The number of nitrogens with zero attached hydrogens (tertiary/aromatic N) is 3. The highest BCUT2D eigenvalue weighted by Gasteiger charge is 2.33. The van der Waals surface area contributed by atoms with Gasteiger partial charge in [-0.25, -0.2) is 4.67 Å². The van der Waals surface area contributed by atoms with Crippen LogP contribution in [0.25, 0.3) is 0 Å². The number of hydrogen-bond donors (Lipinski definition) is 0. The lowest BCUT2D eigenvalue weighted by molar-refractivity contribution is -0.130. The van der Waals surface area contributed by atoms with Gasteiger partial charge in [0, 0.05) is 31.6 Å². The summed E-state index contributed by atoms with van der Waals surface area (Å²) in [4.78, 5) is 14.6. The topological polar surface area (TPSA) is 65.8 Å². The number of hydrogen-bond acceptors (Lipinski definition) is 5. The van der Waals surface area contributed by atoms with E-state index >= 15 is 0 Å². The van der Waals surface area contributed by atoms with Gasteiger partial charge in [0.2, 0.25) is 5.91 Å². The fourth-order valence-corrected chi connectivity index (χ4v) is 5.94. The minimum absolute atomic E-state index is 0.00951. The molecular weight excluding hydrogens is 421 g/mol. The molecule has 1 heterocycles. The molecule has 0 aromatic carbocycles. The lowest BCUT2D eigenvalue weighted by Gasteiger charge is -2.36. The summed E-state index contributed by atoms with van der Waals surface area (Å²) in [5, 5.41) is 8.86. The molecule has 0 aromatic heterocycles. The first-order valence-corrected chi connectivity index (χ1v) is 14.1. The molecule has 0 spiro atoms. The van der Waals surface area contributed by atoms with Gasteiger partial charge in [0.15, 0.2) is 0 Å². The van der Waals surface area contributed by atoms with E-state index in [0.717, 1.165) is 25.8 Å². The molecule has 6 nitrogen and oxygen atoms in total. The van der Waals surface area contributed by atoms with Crippen molar-refractivity contribution in [3.63, 3.8) is 0 Å². The van der Waals surface area contributed by atoms with Crippen LogP contribution < -0.4 is 0 Å². The highest BCUT2D eigenvalue weighted by atomic mass is 31.2. The summed E-state index contributed by atoms with van der Waals surface area (Å²) in [5.74, 6) is 0.262. The predicted octanol–water partition coefficient (Wildman–Crippen LogP) is 6.80. The molecule has 1 rings (SSSR count). The summed E-state index contributed by atoms with van der Waals surface area (Å²) >= 11 is 0. The first-order valence-electron chi connectivity index (χ1n) is 12.9. The summed E-state index contributed by atoms with van der Waals surface area (Å²) in [6.45, 7) is 12.6. The Bertz CT molecular complexity index is 531. The minimum atomic E-state index is -1.24. The largest absolute Gasteiger partial charge is 0.340 e. The van der Waals surface area contributed by atoms with E-state index < -0.39 is 8.53 Å². The fourth-order valence-electron chi connectivity index (χ4n) is 4.21. The van der Waals surface area contributed by atoms with Gasteiger partial charge < -0.3 is 13.9 Å². The third-order valence-electron chi connectivity index (χ3n) is 5.89. The zero-order valence-electron chi connectivity index (χ0n) is 21.4. The standard InChI is InChI=1S/C25H48N3O3P/c1-6-7-8-9-10-11-12-13-14-16-25(29)27-19-17-24(21-27)31-32(30-20-15-18-26)28(22(2)3)23(4)5/h22-24H,6-17,19-21H2,1-5H3/t24-,32?/m0/s1. The summed E-state index contributed by atoms with van der Waals surface area (Å²) < 4.78 is 14.6. The van der Waals surface area contributed by atoms with Crippen molar-refractivity contribution in [1.82, 2.24) is 9.57 Å². The Morgan fingerprint density at radius 1 is 1.06 bits per heavy atom. The third kappa shape index (κ3) is 11.9. The van der Waals surface area contributed by atoms with E-state index in [2.05, 4.69) is 45.4 Å². The number of amides is 1. The van der Waals surface area contributed by atoms with Crippen molar-refractivity contribution < 1.29 is 13.8 Å². The van der Waals surface area contributed by atoms with Crippen molar-refractivity contribution in [2.45, 2.75) is 130 Å². The Morgan fingerprint density at radius 3 is 2.22 bits per heavy atom. The van der Waals surface area contributed by atoms with Crippen LogP contribution in [0.5, 0.6) is 0 Å². The highest BCUT2D eigenvalue weighted by Crippen LogP contribution is 2.48. The number of carbonyl (C=O) groups is 1. The van der Waals surface area contributed by atoms with E-state index in [4.69, 9.17) is 14.3 Å².